The highest BCUT2D eigenvalue weighted by molar-refractivity contribution is 6.42. The summed E-state index contributed by atoms with van der Waals surface area (Å²) in [6.07, 6.45) is 0. The van der Waals surface area contributed by atoms with Crippen molar-refractivity contribution in [1.29, 1.82) is 0 Å². The predicted octanol–water partition coefficient (Wildman–Crippen LogP) is 3.20. The molecule has 0 spiro atoms. The molecule has 1 aromatic rings. The predicted molar refractivity (Wildman–Crippen MR) is 71.2 cm³/mol. The van der Waals surface area contributed by atoms with Gasteiger partial charge in [0.2, 0.25) is 0 Å². The Kier molecular flexibility index (Phi) is 5.27. The van der Waals surface area contributed by atoms with Crippen LogP contribution in [0.4, 0.5) is 10.2 Å². The summed E-state index contributed by atoms with van der Waals surface area (Å²) in [7, 11) is 0. The van der Waals surface area contributed by atoms with E-state index in [0.717, 1.165) is 0 Å². The van der Waals surface area contributed by atoms with Crippen LogP contribution in [0, 0.1) is 10.1 Å². The second-order valence-electron chi connectivity index (χ2n) is 4.46. The van der Waals surface area contributed by atoms with E-state index in [2.05, 4.69) is 10.3 Å². The fraction of sp³-hybridized carbons (Fsp3) is 0.364. The van der Waals surface area contributed by atoms with Gasteiger partial charge in [-0.25, -0.2) is 4.79 Å². The highest BCUT2D eigenvalue weighted by Crippen LogP contribution is 2.33. The summed E-state index contributed by atoms with van der Waals surface area (Å²) in [5.74, 6) is -1.15. The summed E-state index contributed by atoms with van der Waals surface area (Å²) < 4.78 is 11.9. The van der Waals surface area contributed by atoms with Crippen LogP contribution in [0.25, 0.3) is 0 Å². The SMILES string of the molecule is CC(C)(NCc1c([N+](=O)[O-])ccc(Cl)c1Cl)C(=O)OF. The number of nitrogens with zero attached hydrogens (tertiary/aromatic N) is 1. The second-order valence-corrected chi connectivity index (χ2v) is 5.24. The lowest BCUT2D eigenvalue weighted by atomic mass is 10.1. The quantitative estimate of drug-likeness (QED) is 0.664. The third-order valence-electron chi connectivity index (χ3n) is 2.66. The van der Waals surface area contributed by atoms with E-state index in [0.29, 0.717) is 0 Å². The molecule has 9 heteroatoms. The molecule has 0 aliphatic carbocycles. The Morgan fingerprint density at radius 1 is 1.50 bits per heavy atom. The molecule has 0 unspecified atom stereocenters. The van der Waals surface area contributed by atoms with Crippen molar-refractivity contribution in [2.75, 3.05) is 0 Å². The summed E-state index contributed by atoms with van der Waals surface area (Å²) in [5, 5.41) is 13.7. The lowest BCUT2D eigenvalue weighted by Crippen LogP contribution is -2.46. The molecule has 0 fully saturated rings. The Hall–Kier alpha value is -1.44. The molecule has 1 aromatic carbocycles. The Balaban J connectivity index is 3.06. The maximum absolute atomic E-state index is 11.9. The van der Waals surface area contributed by atoms with Crippen LogP contribution < -0.4 is 5.32 Å². The topological polar surface area (TPSA) is 81.5 Å². The van der Waals surface area contributed by atoms with E-state index in [4.69, 9.17) is 23.2 Å². The second kappa shape index (κ2) is 6.34. The van der Waals surface area contributed by atoms with Gasteiger partial charge in [0.25, 0.3) is 5.69 Å². The molecule has 1 N–H and O–H groups in total. The monoisotopic (exact) mass is 324 g/mol. The lowest BCUT2D eigenvalue weighted by Gasteiger charge is -2.21. The third-order valence-corrected chi connectivity index (χ3v) is 3.50. The minimum absolute atomic E-state index is 0.00205. The van der Waals surface area contributed by atoms with Crippen LogP contribution in [0.2, 0.25) is 10.0 Å². The Morgan fingerprint density at radius 3 is 2.60 bits per heavy atom. The van der Waals surface area contributed by atoms with Gasteiger partial charge in [-0.2, -0.15) is 0 Å². The van der Waals surface area contributed by atoms with Crippen LogP contribution in [-0.4, -0.2) is 16.4 Å². The molecule has 0 saturated heterocycles. The Morgan fingerprint density at radius 2 is 2.10 bits per heavy atom. The van der Waals surface area contributed by atoms with Gasteiger partial charge in [-0.15, -0.1) is 0 Å². The normalized spacial score (nSPS) is 11.2. The van der Waals surface area contributed by atoms with E-state index >= 15 is 0 Å². The lowest BCUT2D eigenvalue weighted by molar-refractivity contribution is -0.385. The van der Waals surface area contributed by atoms with Crippen LogP contribution >= 0.6 is 23.2 Å². The summed E-state index contributed by atoms with van der Waals surface area (Å²) in [6.45, 7) is 2.57. The minimum atomic E-state index is -1.38. The summed E-state index contributed by atoms with van der Waals surface area (Å²) in [5.41, 5.74) is -1.53. The van der Waals surface area contributed by atoms with Gasteiger partial charge >= 0.3 is 5.97 Å². The van der Waals surface area contributed by atoms with E-state index in [1.165, 1.54) is 26.0 Å². The molecule has 0 saturated carbocycles. The first kappa shape index (κ1) is 16.6. The number of nitrogens with one attached hydrogen (secondary N) is 1. The fourth-order valence-electron chi connectivity index (χ4n) is 1.40. The average Bonchev–Trinajstić information content (AvgIpc) is 2.38. The molecule has 0 radical (unpaired) electrons. The third kappa shape index (κ3) is 3.56. The van der Waals surface area contributed by atoms with Gasteiger partial charge in [0, 0.05) is 17.1 Å². The van der Waals surface area contributed by atoms with Gasteiger partial charge in [0.15, 0.2) is 0 Å². The molecule has 0 amide bonds. The molecule has 0 aliphatic heterocycles. The zero-order valence-electron chi connectivity index (χ0n) is 10.6. The standard InChI is InChI=1S/C11H11Cl2FN2O4/c1-11(2,10(17)20-14)15-5-6-8(16(18)19)4-3-7(12)9(6)13/h3-4,15H,5H2,1-2H3. The molecule has 20 heavy (non-hydrogen) atoms. The molecule has 0 atom stereocenters. The number of carbonyl (C=O) groups is 1. The number of halogens is 3. The van der Waals surface area contributed by atoms with E-state index in [-0.39, 0.29) is 27.8 Å². The van der Waals surface area contributed by atoms with Gasteiger partial charge < -0.3 is 0 Å². The Bertz CT molecular complexity index is 551. The zero-order valence-corrected chi connectivity index (χ0v) is 12.1. The molecule has 0 heterocycles. The first-order valence-corrected chi connectivity index (χ1v) is 6.15. The summed E-state index contributed by atoms with van der Waals surface area (Å²) >= 11 is 11.7. The summed E-state index contributed by atoms with van der Waals surface area (Å²) in [4.78, 5) is 24.6. The van der Waals surface area contributed by atoms with Gasteiger partial charge in [-0.1, -0.05) is 23.2 Å². The van der Waals surface area contributed by atoms with Crippen molar-refractivity contribution in [2.45, 2.75) is 25.9 Å². The highest BCUT2D eigenvalue weighted by atomic mass is 35.5. The van der Waals surface area contributed by atoms with Crippen molar-refractivity contribution >= 4 is 34.9 Å². The molecule has 6 nitrogen and oxygen atoms in total. The number of carbonyl (C=O) groups excluding carboxylic acids is 1. The molecule has 1 rings (SSSR count). The van der Waals surface area contributed by atoms with Gasteiger partial charge in [-0.05, 0) is 19.9 Å². The number of nitro benzene ring substituents is 1. The minimum Gasteiger partial charge on any atom is -0.298 e. The van der Waals surface area contributed by atoms with E-state index in [9.17, 15) is 19.4 Å². The number of hydrogen-bond donors (Lipinski definition) is 1. The number of nitro groups is 1. The number of rotatable bonds is 5. The average molecular weight is 325 g/mol. The van der Waals surface area contributed by atoms with Crippen molar-refractivity contribution in [3.63, 3.8) is 0 Å². The van der Waals surface area contributed by atoms with Crippen molar-refractivity contribution in [1.82, 2.24) is 5.32 Å². The van der Waals surface area contributed by atoms with Crippen molar-refractivity contribution in [2.24, 2.45) is 0 Å². The fourth-order valence-corrected chi connectivity index (χ4v) is 1.80. The smallest absolute Gasteiger partial charge is 0.298 e. The number of benzene rings is 1. The van der Waals surface area contributed by atoms with Gasteiger partial charge in [0.1, 0.15) is 5.54 Å². The Labute approximate surface area is 123 Å². The van der Waals surface area contributed by atoms with Gasteiger partial charge in [0.05, 0.1) is 20.5 Å². The molecule has 110 valence electrons. The maximum atomic E-state index is 11.9. The van der Waals surface area contributed by atoms with Crippen molar-refractivity contribution < 1.29 is 19.2 Å². The van der Waals surface area contributed by atoms with Crippen molar-refractivity contribution in [3.8, 4) is 0 Å². The van der Waals surface area contributed by atoms with Crippen LogP contribution in [0.3, 0.4) is 0 Å². The van der Waals surface area contributed by atoms with E-state index in [1.807, 2.05) is 0 Å². The van der Waals surface area contributed by atoms with Crippen LogP contribution in [0.5, 0.6) is 0 Å². The molecule has 0 bridgehead atoms. The molecular weight excluding hydrogens is 314 g/mol. The van der Waals surface area contributed by atoms with Gasteiger partial charge in [-0.3, -0.25) is 20.4 Å². The van der Waals surface area contributed by atoms with E-state index < -0.39 is 16.4 Å². The van der Waals surface area contributed by atoms with E-state index in [1.54, 1.807) is 0 Å². The molecular formula is C11H11Cl2FN2O4. The first-order chi connectivity index (χ1) is 9.20. The van der Waals surface area contributed by atoms with Crippen LogP contribution in [-0.2, 0) is 16.3 Å². The summed E-state index contributed by atoms with van der Waals surface area (Å²) in [6, 6.07) is 2.50. The molecule has 0 aliphatic rings. The number of hydrogen-bond acceptors (Lipinski definition) is 5. The largest absolute Gasteiger partial charge is 0.368 e. The van der Waals surface area contributed by atoms with Crippen LogP contribution in [0.1, 0.15) is 19.4 Å². The maximum Gasteiger partial charge on any atom is 0.368 e. The van der Waals surface area contributed by atoms with Crippen molar-refractivity contribution in [3.05, 3.63) is 37.9 Å². The highest BCUT2D eigenvalue weighted by Gasteiger charge is 2.31. The zero-order chi connectivity index (χ0) is 15.5. The van der Waals surface area contributed by atoms with Crippen LogP contribution in [0.15, 0.2) is 12.1 Å². The molecule has 0 aromatic heterocycles. The first-order valence-electron chi connectivity index (χ1n) is 5.40.